The fourth-order valence-electron chi connectivity index (χ4n) is 1.44. The van der Waals surface area contributed by atoms with E-state index in [2.05, 4.69) is 42.2 Å². The van der Waals surface area contributed by atoms with E-state index in [1.54, 1.807) is 6.07 Å². The lowest BCUT2D eigenvalue weighted by molar-refractivity contribution is 0.0996. The van der Waals surface area contributed by atoms with Crippen LogP contribution in [0.2, 0.25) is 0 Å². The molecule has 2 aromatic rings. The molecule has 0 unspecified atom stereocenters. The number of benzene rings is 1. The lowest BCUT2D eigenvalue weighted by Crippen LogP contribution is -2.14. The van der Waals surface area contributed by atoms with Crippen LogP contribution < -0.4 is 16.8 Å². The highest BCUT2D eigenvalue weighted by atomic mass is 79.9. The Hall–Kier alpha value is -1.60. The van der Waals surface area contributed by atoms with E-state index < -0.39 is 5.91 Å². The van der Waals surface area contributed by atoms with Crippen LogP contribution in [0.15, 0.2) is 39.3 Å². The fraction of sp³-hybridized carbons (Fsp3) is 0. The number of amides is 1. The SMILES string of the molecule is NC(=O)c1ccc(N)c(Nc2c(Br)cccc2Br)n1. The number of aromatic nitrogens is 1. The molecule has 0 atom stereocenters. The van der Waals surface area contributed by atoms with Crippen LogP contribution in [-0.2, 0) is 0 Å². The first kappa shape index (κ1) is 13.8. The second-order valence-electron chi connectivity index (χ2n) is 3.72. The van der Waals surface area contributed by atoms with E-state index in [-0.39, 0.29) is 5.69 Å². The maximum absolute atomic E-state index is 11.1. The average Bonchev–Trinajstić information content (AvgIpc) is 2.35. The van der Waals surface area contributed by atoms with Gasteiger partial charge in [-0.2, -0.15) is 0 Å². The molecule has 1 amide bonds. The third-order valence-corrected chi connectivity index (χ3v) is 3.71. The van der Waals surface area contributed by atoms with Gasteiger partial charge in [-0.05, 0) is 56.1 Å². The van der Waals surface area contributed by atoms with Crippen molar-refractivity contribution in [1.29, 1.82) is 0 Å². The lowest BCUT2D eigenvalue weighted by atomic mass is 10.3. The predicted molar refractivity (Wildman–Crippen MR) is 82.3 cm³/mol. The van der Waals surface area contributed by atoms with Crippen LogP contribution in [0.1, 0.15) is 10.5 Å². The second-order valence-corrected chi connectivity index (χ2v) is 5.43. The molecular weight excluding hydrogens is 376 g/mol. The summed E-state index contributed by atoms with van der Waals surface area (Å²) < 4.78 is 1.68. The number of anilines is 3. The van der Waals surface area contributed by atoms with Gasteiger partial charge in [-0.15, -0.1) is 0 Å². The molecule has 0 radical (unpaired) electrons. The molecule has 19 heavy (non-hydrogen) atoms. The largest absolute Gasteiger partial charge is 0.396 e. The van der Waals surface area contributed by atoms with Crippen molar-refractivity contribution in [2.45, 2.75) is 0 Å². The molecule has 1 heterocycles. The summed E-state index contributed by atoms with van der Waals surface area (Å²) in [6.07, 6.45) is 0. The number of nitrogen functional groups attached to an aromatic ring is 1. The van der Waals surface area contributed by atoms with E-state index in [0.717, 1.165) is 14.6 Å². The normalized spacial score (nSPS) is 10.2. The maximum atomic E-state index is 11.1. The van der Waals surface area contributed by atoms with Crippen LogP contribution in [-0.4, -0.2) is 10.9 Å². The zero-order valence-corrected chi connectivity index (χ0v) is 12.8. The molecule has 1 aromatic carbocycles. The van der Waals surface area contributed by atoms with Gasteiger partial charge in [-0.25, -0.2) is 4.98 Å². The van der Waals surface area contributed by atoms with Gasteiger partial charge in [-0.3, -0.25) is 4.79 Å². The fourth-order valence-corrected chi connectivity index (χ4v) is 2.64. The number of nitrogens with one attached hydrogen (secondary N) is 1. The van der Waals surface area contributed by atoms with E-state index in [4.69, 9.17) is 11.5 Å². The Morgan fingerprint density at radius 2 is 1.79 bits per heavy atom. The number of nitrogens with two attached hydrogens (primary N) is 2. The Morgan fingerprint density at radius 1 is 1.16 bits per heavy atom. The van der Waals surface area contributed by atoms with E-state index in [1.807, 2.05) is 18.2 Å². The van der Waals surface area contributed by atoms with Crippen LogP contribution in [0, 0.1) is 0 Å². The molecule has 0 spiro atoms. The van der Waals surface area contributed by atoms with E-state index in [9.17, 15) is 4.79 Å². The topological polar surface area (TPSA) is 94.0 Å². The van der Waals surface area contributed by atoms with Crippen molar-refractivity contribution in [3.8, 4) is 0 Å². The summed E-state index contributed by atoms with van der Waals surface area (Å²) in [6.45, 7) is 0. The molecule has 0 aliphatic heterocycles. The molecular formula is C12H10Br2N4O. The minimum absolute atomic E-state index is 0.153. The van der Waals surface area contributed by atoms with Gasteiger partial charge in [0.25, 0.3) is 5.91 Å². The summed E-state index contributed by atoms with van der Waals surface area (Å²) >= 11 is 6.85. The number of carbonyl (C=O) groups is 1. The van der Waals surface area contributed by atoms with Crippen molar-refractivity contribution in [1.82, 2.24) is 4.98 Å². The van der Waals surface area contributed by atoms with Crippen LogP contribution >= 0.6 is 31.9 Å². The van der Waals surface area contributed by atoms with Crippen LogP contribution in [0.5, 0.6) is 0 Å². The van der Waals surface area contributed by atoms with Crippen LogP contribution in [0.3, 0.4) is 0 Å². The van der Waals surface area contributed by atoms with Crippen LogP contribution in [0.4, 0.5) is 17.2 Å². The Balaban J connectivity index is 2.43. The zero-order chi connectivity index (χ0) is 14.0. The smallest absolute Gasteiger partial charge is 0.267 e. The quantitative estimate of drug-likeness (QED) is 0.756. The number of primary amides is 1. The number of para-hydroxylation sites is 1. The van der Waals surface area contributed by atoms with Crippen molar-refractivity contribution < 1.29 is 4.79 Å². The molecule has 0 saturated carbocycles. The summed E-state index contributed by atoms with van der Waals surface area (Å²) in [6, 6.07) is 8.70. The number of pyridine rings is 1. The minimum atomic E-state index is -0.603. The van der Waals surface area contributed by atoms with E-state index >= 15 is 0 Å². The van der Waals surface area contributed by atoms with Gasteiger partial charge in [0.05, 0.1) is 11.4 Å². The molecule has 98 valence electrons. The van der Waals surface area contributed by atoms with Crippen molar-refractivity contribution in [3.05, 3.63) is 45.0 Å². The molecule has 0 bridgehead atoms. The van der Waals surface area contributed by atoms with Gasteiger partial charge >= 0.3 is 0 Å². The summed E-state index contributed by atoms with van der Waals surface area (Å²) in [4.78, 5) is 15.2. The van der Waals surface area contributed by atoms with Crippen LogP contribution in [0.25, 0.3) is 0 Å². The van der Waals surface area contributed by atoms with Gasteiger partial charge in [0.2, 0.25) is 0 Å². The molecule has 0 saturated heterocycles. The van der Waals surface area contributed by atoms with Crippen molar-refractivity contribution in [2.24, 2.45) is 5.73 Å². The highest BCUT2D eigenvalue weighted by molar-refractivity contribution is 9.11. The number of hydrogen-bond donors (Lipinski definition) is 3. The molecule has 0 aliphatic carbocycles. The first-order valence-electron chi connectivity index (χ1n) is 5.26. The van der Waals surface area contributed by atoms with Gasteiger partial charge in [0, 0.05) is 8.95 Å². The number of nitrogens with zero attached hydrogens (tertiary/aromatic N) is 1. The average molecular weight is 386 g/mol. The number of halogens is 2. The molecule has 7 heteroatoms. The number of rotatable bonds is 3. The maximum Gasteiger partial charge on any atom is 0.267 e. The first-order valence-corrected chi connectivity index (χ1v) is 6.85. The number of carbonyl (C=O) groups excluding carboxylic acids is 1. The Bertz CT molecular complexity index is 625. The summed E-state index contributed by atoms with van der Waals surface area (Å²) in [5.74, 6) is -0.224. The van der Waals surface area contributed by atoms with Gasteiger partial charge in [0.1, 0.15) is 5.69 Å². The monoisotopic (exact) mass is 384 g/mol. The van der Waals surface area contributed by atoms with Crippen molar-refractivity contribution in [3.63, 3.8) is 0 Å². The second kappa shape index (κ2) is 5.58. The summed E-state index contributed by atoms with van der Waals surface area (Å²) in [5.41, 5.74) is 12.4. The number of hydrogen-bond acceptors (Lipinski definition) is 4. The van der Waals surface area contributed by atoms with Crippen molar-refractivity contribution in [2.75, 3.05) is 11.1 Å². The predicted octanol–water partition coefficient (Wildman–Crippen LogP) is 3.03. The highest BCUT2D eigenvalue weighted by Crippen LogP contribution is 2.33. The van der Waals surface area contributed by atoms with Gasteiger partial charge in [-0.1, -0.05) is 6.07 Å². The van der Waals surface area contributed by atoms with E-state index in [1.165, 1.54) is 6.07 Å². The van der Waals surface area contributed by atoms with Gasteiger partial charge in [0.15, 0.2) is 5.82 Å². The van der Waals surface area contributed by atoms with Crippen molar-refractivity contribution >= 4 is 55.0 Å². The molecule has 0 aliphatic rings. The lowest BCUT2D eigenvalue weighted by Gasteiger charge is -2.12. The Morgan fingerprint density at radius 3 is 2.37 bits per heavy atom. The molecule has 5 N–H and O–H groups in total. The highest BCUT2D eigenvalue weighted by Gasteiger charge is 2.10. The summed E-state index contributed by atoms with van der Waals surface area (Å²) in [7, 11) is 0. The molecule has 0 fully saturated rings. The third kappa shape index (κ3) is 3.05. The zero-order valence-electron chi connectivity index (χ0n) is 9.65. The summed E-state index contributed by atoms with van der Waals surface area (Å²) in [5, 5.41) is 3.07. The standard InChI is InChI=1S/C12H10Br2N4O/c13-6-2-1-3-7(14)10(6)18-12-8(15)4-5-9(17-12)11(16)19/h1-5H,15H2,(H2,16,19)(H,17,18). The van der Waals surface area contributed by atoms with E-state index in [0.29, 0.717) is 11.5 Å². The Labute approximate surface area is 126 Å². The molecule has 5 nitrogen and oxygen atoms in total. The third-order valence-electron chi connectivity index (χ3n) is 2.39. The molecule has 1 aromatic heterocycles. The Kier molecular flexibility index (Phi) is 4.06. The minimum Gasteiger partial charge on any atom is -0.396 e. The van der Waals surface area contributed by atoms with Gasteiger partial charge < -0.3 is 16.8 Å². The molecule has 2 rings (SSSR count). The first-order chi connectivity index (χ1) is 8.99.